The number of nitrogens with zero attached hydrogens (tertiary/aromatic N) is 2. The number of hydrogen-bond donors (Lipinski definition) is 1. The summed E-state index contributed by atoms with van der Waals surface area (Å²) in [5.41, 5.74) is 6.97. The number of amides is 1. The van der Waals surface area contributed by atoms with Gasteiger partial charge in [-0.2, -0.15) is 0 Å². The van der Waals surface area contributed by atoms with E-state index in [0.717, 1.165) is 24.8 Å². The largest absolute Gasteiger partial charge is 0.339 e. The summed E-state index contributed by atoms with van der Waals surface area (Å²) in [6, 6.07) is 3.94. The summed E-state index contributed by atoms with van der Waals surface area (Å²) < 4.78 is 0. The zero-order valence-corrected chi connectivity index (χ0v) is 11.1. The van der Waals surface area contributed by atoms with Gasteiger partial charge in [-0.25, -0.2) is 0 Å². The van der Waals surface area contributed by atoms with Crippen molar-refractivity contribution < 1.29 is 4.79 Å². The van der Waals surface area contributed by atoms with Crippen LogP contribution in [0.25, 0.3) is 0 Å². The van der Waals surface area contributed by atoms with E-state index < -0.39 is 0 Å². The Hall–Kier alpha value is -1.42. The van der Waals surface area contributed by atoms with Crippen LogP contribution in [0.2, 0.25) is 0 Å². The third-order valence-corrected chi connectivity index (χ3v) is 4.02. The minimum absolute atomic E-state index is 0.0594. The van der Waals surface area contributed by atoms with Gasteiger partial charge in [0.1, 0.15) is 0 Å². The van der Waals surface area contributed by atoms with Crippen molar-refractivity contribution in [3.63, 3.8) is 0 Å². The smallest absolute Gasteiger partial charge is 0.224 e. The maximum absolute atomic E-state index is 12.2. The predicted octanol–water partition coefficient (Wildman–Crippen LogP) is 1.87. The Kier molecular flexibility index (Phi) is 3.66. The Morgan fingerprint density at radius 1 is 1.50 bits per heavy atom. The topological polar surface area (TPSA) is 59.2 Å². The molecule has 1 unspecified atom stereocenters. The van der Waals surface area contributed by atoms with Gasteiger partial charge in [-0.15, -0.1) is 0 Å². The molecule has 1 aromatic heterocycles. The maximum Gasteiger partial charge on any atom is 0.224 e. The summed E-state index contributed by atoms with van der Waals surface area (Å²) in [7, 11) is 1.84. The van der Waals surface area contributed by atoms with Gasteiger partial charge in [0.2, 0.25) is 5.91 Å². The van der Waals surface area contributed by atoms with Gasteiger partial charge in [0.05, 0.1) is 6.04 Å². The van der Waals surface area contributed by atoms with Crippen LogP contribution in [0.5, 0.6) is 0 Å². The molecule has 0 saturated heterocycles. The molecule has 0 bridgehead atoms. The zero-order valence-electron chi connectivity index (χ0n) is 11.1. The molecule has 4 heteroatoms. The lowest BCUT2D eigenvalue weighted by Gasteiger charge is -2.39. The molecule has 0 radical (unpaired) electrons. The van der Waals surface area contributed by atoms with Gasteiger partial charge in [0.25, 0.3) is 0 Å². The number of pyridine rings is 1. The van der Waals surface area contributed by atoms with Crippen LogP contribution >= 0.6 is 0 Å². The summed E-state index contributed by atoms with van der Waals surface area (Å²) in [5.74, 6) is 0.126. The molecule has 0 aliphatic heterocycles. The maximum atomic E-state index is 12.2. The molecule has 98 valence electrons. The molecule has 1 aliphatic rings. The minimum Gasteiger partial charge on any atom is -0.339 e. The lowest BCUT2D eigenvalue weighted by molar-refractivity contribution is -0.133. The van der Waals surface area contributed by atoms with Crippen molar-refractivity contribution in [1.82, 2.24) is 9.88 Å². The number of aromatic nitrogens is 1. The predicted molar refractivity (Wildman–Crippen MR) is 70.8 cm³/mol. The van der Waals surface area contributed by atoms with E-state index in [1.807, 2.05) is 26.1 Å². The van der Waals surface area contributed by atoms with Crippen LogP contribution in [0.3, 0.4) is 0 Å². The Morgan fingerprint density at radius 2 is 2.11 bits per heavy atom. The Balaban J connectivity index is 1.98. The van der Waals surface area contributed by atoms with Crippen molar-refractivity contribution in [2.45, 2.75) is 44.2 Å². The number of hydrogen-bond acceptors (Lipinski definition) is 3. The summed E-state index contributed by atoms with van der Waals surface area (Å²) in [4.78, 5) is 18.0. The van der Waals surface area contributed by atoms with Crippen LogP contribution < -0.4 is 5.73 Å². The van der Waals surface area contributed by atoms with E-state index in [9.17, 15) is 4.79 Å². The molecule has 1 aliphatic carbocycles. The average Bonchev–Trinajstić information content (AvgIpc) is 2.36. The molecule has 0 spiro atoms. The first kappa shape index (κ1) is 13.0. The third-order valence-electron chi connectivity index (χ3n) is 4.02. The van der Waals surface area contributed by atoms with Crippen molar-refractivity contribution in [2.75, 3.05) is 7.05 Å². The molecule has 0 aromatic carbocycles. The molecule has 2 N–H and O–H groups in total. The first-order valence-electron chi connectivity index (χ1n) is 6.46. The van der Waals surface area contributed by atoms with E-state index in [4.69, 9.17) is 5.73 Å². The Labute approximate surface area is 108 Å². The van der Waals surface area contributed by atoms with Crippen LogP contribution in [0.1, 0.15) is 44.2 Å². The van der Waals surface area contributed by atoms with Crippen molar-refractivity contribution in [3.05, 3.63) is 30.1 Å². The number of carbonyl (C=O) groups is 1. The summed E-state index contributed by atoms with van der Waals surface area (Å²) >= 11 is 0. The molecule has 1 fully saturated rings. The number of nitrogens with two attached hydrogens (primary N) is 1. The highest BCUT2D eigenvalue weighted by atomic mass is 16.2. The monoisotopic (exact) mass is 247 g/mol. The fourth-order valence-corrected chi connectivity index (χ4v) is 2.32. The summed E-state index contributed by atoms with van der Waals surface area (Å²) in [6.07, 6.45) is 7.04. The van der Waals surface area contributed by atoms with E-state index >= 15 is 0 Å². The third kappa shape index (κ3) is 2.70. The van der Waals surface area contributed by atoms with Crippen LogP contribution in [-0.2, 0) is 4.79 Å². The molecule has 1 aromatic rings. The van der Waals surface area contributed by atoms with Crippen molar-refractivity contribution >= 4 is 5.91 Å². The fraction of sp³-hybridized carbons (Fsp3) is 0.571. The average molecular weight is 247 g/mol. The lowest BCUT2D eigenvalue weighted by Crippen LogP contribution is -2.50. The molecule has 4 nitrogen and oxygen atoms in total. The van der Waals surface area contributed by atoms with Gasteiger partial charge < -0.3 is 10.6 Å². The van der Waals surface area contributed by atoms with E-state index in [1.165, 1.54) is 0 Å². The van der Waals surface area contributed by atoms with E-state index in [1.54, 1.807) is 17.3 Å². The molecule has 1 heterocycles. The second-order valence-electron chi connectivity index (χ2n) is 5.35. The quantitative estimate of drug-likeness (QED) is 0.883. The highest BCUT2D eigenvalue weighted by Gasteiger charge is 2.36. The highest BCUT2D eigenvalue weighted by Crippen LogP contribution is 2.33. The molecular weight excluding hydrogens is 226 g/mol. The van der Waals surface area contributed by atoms with E-state index in [2.05, 4.69) is 4.98 Å². The van der Waals surface area contributed by atoms with Crippen LogP contribution in [0.4, 0.5) is 0 Å². The molecule has 2 rings (SSSR count). The molecular formula is C14H21N3O. The number of rotatable bonds is 4. The highest BCUT2D eigenvalue weighted by molar-refractivity contribution is 5.77. The van der Waals surface area contributed by atoms with Gasteiger partial charge in [0, 0.05) is 31.4 Å². The first-order chi connectivity index (χ1) is 8.52. The van der Waals surface area contributed by atoms with Crippen molar-refractivity contribution in [2.24, 2.45) is 5.73 Å². The van der Waals surface area contributed by atoms with E-state index in [0.29, 0.717) is 6.42 Å². The normalized spacial score (nSPS) is 18.8. The number of carbonyl (C=O) groups excluding carboxylic acids is 1. The second-order valence-corrected chi connectivity index (χ2v) is 5.35. The Bertz CT molecular complexity index is 414. The van der Waals surface area contributed by atoms with E-state index in [-0.39, 0.29) is 17.5 Å². The second kappa shape index (κ2) is 5.06. The van der Waals surface area contributed by atoms with Crippen LogP contribution in [-0.4, -0.2) is 28.4 Å². The molecule has 1 amide bonds. The lowest BCUT2D eigenvalue weighted by atomic mass is 9.75. The fourth-order valence-electron chi connectivity index (χ4n) is 2.32. The Morgan fingerprint density at radius 3 is 2.61 bits per heavy atom. The van der Waals surface area contributed by atoms with Crippen LogP contribution in [0.15, 0.2) is 24.5 Å². The summed E-state index contributed by atoms with van der Waals surface area (Å²) in [5, 5.41) is 0. The molecule has 1 atom stereocenters. The van der Waals surface area contributed by atoms with Crippen molar-refractivity contribution in [3.8, 4) is 0 Å². The standard InChI is InChI=1S/C14H21N3O/c1-11(12-4-8-16-9-5-12)17(2)13(18)10-14(15)6-3-7-14/h4-5,8-9,11H,3,6-7,10,15H2,1-2H3. The van der Waals surface area contributed by atoms with Gasteiger partial charge >= 0.3 is 0 Å². The molecule has 1 saturated carbocycles. The van der Waals surface area contributed by atoms with Gasteiger partial charge in [-0.1, -0.05) is 0 Å². The van der Waals surface area contributed by atoms with Crippen molar-refractivity contribution in [1.29, 1.82) is 0 Å². The summed E-state index contributed by atoms with van der Waals surface area (Å²) in [6.45, 7) is 2.02. The first-order valence-corrected chi connectivity index (χ1v) is 6.46. The SMILES string of the molecule is CC(c1ccncc1)N(C)C(=O)CC1(N)CCC1. The minimum atomic E-state index is -0.247. The zero-order chi connectivity index (χ0) is 13.2. The van der Waals surface area contributed by atoms with Gasteiger partial charge in [-0.05, 0) is 43.9 Å². The van der Waals surface area contributed by atoms with Crippen LogP contribution in [0, 0.1) is 0 Å². The molecule has 18 heavy (non-hydrogen) atoms. The van der Waals surface area contributed by atoms with Gasteiger partial charge in [-0.3, -0.25) is 9.78 Å². The van der Waals surface area contributed by atoms with Gasteiger partial charge in [0.15, 0.2) is 0 Å².